The van der Waals surface area contributed by atoms with Gasteiger partial charge in [-0.25, -0.2) is 4.79 Å². The average molecular weight is 548 g/mol. The van der Waals surface area contributed by atoms with E-state index in [1.165, 1.54) is 0 Å². The van der Waals surface area contributed by atoms with Gasteiger partial charge in [-0.15, -0.1) is 15.0 Å². The average Bonchev–Trinajstić information content (AvgIpc) is 3.37. The van der Waals surface area contributed by atoms with Crippen LogP contribution in [0.1, 0.15) is 70.7 Å². The molecule has 0 saturated heterocycles. The predicted octanol–water partition coefficient (Wildman–Crippen LogP) is 8.39. The predicted molar refractivity (Wildman–Crippen MR) is 163 cm³/mol. The zero-order valence-corrected chi connectivity index (χ0v) is 24.8. The summed E-state index contributed by atoms with van der Waals surface area (Å²) in [6.07, 6.45) is -0.782. The Kier molecular flexibility index (Phi) is 7.20. The number of aromatic nitrogens is 3. The van der Waals surface area contributed by atoms with Crippen LogP contribution in [-0.2, 0) is 15.6 Å². The molecule has 4 aromatic carbocycles. The summed E-state index contributed by atoms with van der Waals surface area (Å²) in [6, 6.07) is 32.5. The number of carbonyl (C=O) groups is 1. The van der Waals surface area contributed by atoms with E-state index in [2.05, 4.69) is 70.2 Å². The minimum atomic E-state index is -0.782. The summed E-state index contributed by atoms with van der Waals surface area (Å²) in [5.41, 5.74) is 4.49. The van der Waals surface area contributed by atoms with Gasteiger partial charge in [0.25, 0.3) is 0 Å². The van der Waals surface area contributed by atoms with Crippen molar-refractivity contribution < 1.29 is 14.3 Å². The first-order chi connectivity index (χ1) is 19.4. The van der Waals surface area contributed by atoms with Crippen molar-refractivity contribution in [3.63, 3.8) is 0 Å². The van der Waals surface area contributed by atoms with Crippen molar-refractivity contribution in [2.75, 3.05) is 0 Å². The van der Waals surface area contributed by atoms with Gasteiger partial charge in [0.05, 0.1) is 0 Å². The van der Waals surface area contributed by atoms with Gasteiger partial charge in [0.15, 0.2) is 5.75 Å². The van der Waals surface area contributed by atoms with E-state index < -0.39 is 17.2 Å². The highest BCUT2D eigenvalue weighted by Crippen LogP contribution is 2.44. The highest BCUT2D eigenvalue weighted by atomic mass is 16.7. The Bertz CT molecular complexity index is 1650. The SMILES string of the molecule is CC(C)(C)OC(=O)Oc1c(-n2nc3ccccc3n2)cc(C(C)(C)c2ccccc2)cc1C(C)(C)c1ccccc1. The van der Waals surface area contributed by atoms with Crippen LogP contribution in [-0.4, -0.2) is 26.8 Å². The molecule has 0 aliphatic heterocycles. The van der Waals surface area contributed by atoms with E-state index in [0.717, 1.165) is 33.3 Å². The van der Waals surface area contributed by atoms with Gasteiger partial charge in [-0.3, -0.25) is 0 Å². The van der Waals surface area contributed by atoms with Crippen LogP contribution in [0, 0.1) is 0 Å². The molecule has 5 aromatic rings. The molecule has 210 valence electrons. The molecule has 0 saturated carbocycles. The van der Waals surface area contributed by atoms with E-state index in [1.807, 2.05) is 75.4 Å². The standard InChI is InChI=1S/C35H37N3O3/c1-33(2,3)41-32(39)40-31-27(35(6,7)25-18-12-9-13-19-25)22-26(34(4,5)24-16-10-8-11-17-24)23-30(31)38-36-28-20-14-15-21-29(28)37-38/h8-23H,1-7H3. The number of ether oxygens (including phenoxy) is 2. The van der Waals surface area contributed by atoms with Gasteiger partial charge in [0.1, 0.15) is 22.3 Å². The molecule has 0 aliphatic rings. The zero-order valence-electron chi connectivity index (χ0n) is 24.8. The molecule has 1 heterocycles. The van der Waals surface area contributed by atoms with Crippen LogP contribution in [0.2, 0.25) is 0 Å². The van der Waals surface area contributed by atoms with Crippen molar-refractivity contribution >= 4 is 17.2 Å². The van der Waals surface area contributed by atoms with Gasteiger partial charge in [0.2, 0.25) is 0 Å². The molecule has 5 rings (SSSR count). The maximum atomic E-state index is 13.2. The Morgan fingerprint density at radius 1 is 0.634 bits per heavy atom. The largest absolute Gasteiger partial charge is 0.514 e. The van der Waals surface area contributed by atoms with Crippen molar-refractivity contribution in [2.24, 2.45) is 0 Å². The maximum Gasteiger partial charge on any atom is 0.514 e. The number of rotatable bonds is 6. The molecular formula is C35H37N3O3. The molecule has 6 nitrogen and oxygen atoms in total. The van der Waals surface area contributed by atoms with E-state index >= 15 is 0 Å². The molecule has 0 N–H and O–H groups in total. The normalized spacial score (nSPS) is 12.4. The summed E-state index contributed by atoms with van der Waals surface area (Å²) >= 11 is 0. The highest BCUT2D eigenvalue weighted by Gasteiger charge is 2.35. The van der Waals surface area contributed by atoms with Crippen LogP contribution in [0.25, 0.3) is 16.7 Å². The third kappa shape index (κ3) is 5.73. The lowest BCUT2D eigenvalue weighted by atomic mass is 9.72. The number of hydrogen-bond donors (Lipinski definition) is 0. The highest BCUT2D eigenvalue weighted by molar-refractivity contribution is 5.75. The lowest BCUT2D eigenvalue weighted by Gasteiger charge is -2.33. The Balaban J connectivity index is 1.82. The van der Waals surface area contributed by atoms with Gasteiger partial charge >= 0.3 is 6.16 Å². The second kappa shape index (κ2) is 10.5. The van der Waals surface area contributed by atoms with Crippen molar-refractivity contribution in [3.05, 3.63) is 119 Å². The molecule has 0 atom stereocenters. The number of hydrogen-bond acceptors (Lipinski definition) is 5. The summed E-state index contributed by atoms with van der Waals surface area (Å²) in [5.74, 6) is 0.362. The Labute approximate surface area is 241 Å². The molecule has 6 heteroatoms. The van der Waals surface area contributed by atoms with Crippen LogP contribution in [0.15, 0.2) is 97.1 Å². The number of carbonyl (C=O) groups excluding carboxylic acids is 1. The van der Waals surface area contributed by atoms with Crippen molar-refractivity contribution in [1.29, 1.82) is 0 Å². The molecule has 0 fully saturated rings. The minimum Gasteiger partial charge on any atom is -0.428 e. The summed E-state index contributed by atoms with van der Waals surface area (Å²) in [6.45, 7) is 14.1. The van der Waals surface area contributed by atoms with Crippen molar-refractivity contribution in [1.82, 2.24) is 15.0 Å². The van der Waals surface area contributed by atoms with Gasteiger partial charge < -0.3 is 9.47 Å². The summed E-state index contributed by atoms with van der Waals surface area (Å²) < 4.78 is 11.7. The molecule has 0 aliphatic carbocycles. The monoisotopic (exact) mass is 547 g/mol. The lowest BCUT2D eigenvalue weighted by Crippen LogP contribution is -2.29. The number of fused-ring (bicyclic) bond motifs is 1. The minimum absolute atomic E-state index is 0.362. The van der Waals surface area contributed by atoms with E-state index in [9.17, 15) is 4.79 Å². The lowest BCUT2D eigenvalue weighted by molar-refractivity contribution is 0.0202. The Hall–Kier alpha value is -4.45. The molecule has 0 radical (unpaired) electrons. The van der Waals surface area contributed by atoms with E-state index in [4.69, 9.17) is 19.7 Å². The fraction of sp³-hybridized carbons (Fsp3) is 0.286. The molecule has 0 spiro atoms. The van der Waals surface area contributed by atoms with E-state index in [0.29, 0.717) is 11.4 Å². The first-order valence-electron chi connectivity index (χ1n) is 13.9. The summed E-state index contributed by atoms with van der Waals surface area (Å²) in [5, 5.41) is 9.58. The van der Waals surface area contributed by atoms with Gasteiger partial charge in [0, 0.05) is 16.4 Å². The van der Waals surface area contributed by atoms with Gasteiger partial charge in [-0.05, 0) is 55.7 Å². The molecule has 41 heavy (non-hydrogen) atoms. The Morgan fingerprint density at radius 3 is 1.63 bits per heavy atom. The van der Waals surface area contributed by atoms with Crippen molar-refractivity contribution in [2.45, 2.75) is 64.9 Å². The quantitative estimate of drug-likeness (QED) is 0.158. The fourth-order valence-corrected chi connectivity index (χ4v) is 5.05. The number of benzene rings is 4. The number of nitrogens with zero attached hydrogens (tertiary/aromatic N) is 3. The second-order valence-corrected chi connectivity index (χ2v) is 12.4. The van der Waals surface area contributed by atoms with E-state index in [-0.39, 0.29) is 5.41 Å². The smallest absolute Gasteiger partial charge is 0.428 e. The molecule has 0 amide bonds. The Morgan fingerprint density at radius 2 is 1.12 bits per heavy atom. The fourth-order valence-electron chi connectivity index (χ4n) is 5.05. The van der Waals surface area contributed by atoms with Crippen LogP contribution >= 0.6 is 0 Å². The third-order valence-corrected chi connectivity index (χ3v) is 7.53. The van der Waals surface area contributed by atoms with Gasteiger partial charge in [-0.1, -0.05) is 107 Å². The third-order valence-electron chi connectivity index (χ3n) is 7.53. The van der Waals surface area contributed by atoms with Crippen LogP contribution in [0.4, 0.5) is 4.79 Å². The van der Waals surface area contributed by atoms with Crippen LogP contribution in [0.3, 0.4) is 0 Å². The topological polar surface area (TPSA) is 66.2 Å². The molecule has 0 bridgehead atoms. The molecule has 1 aromatic heterocycles. The van der Waals surface area contributed by atoms with Crippen LogP contribution in [0.5, 0.6) is 5.75 Å². The second-order valence-electron chi connectivity index (χ2n) is 12.4. The molecular weight excluding hydrogens is 510 g/mol. The zero-order chi connectivity index (χ0) is 29.4. The van der Waals surface area contributed by atoms with Gasteiger partial charge in [-0.2, -0.15) is 0 Å². The van der Waals surface area contributed by atoms with Crippen LogP contribution < -0.4 is 4.74 Å². The first kappa shape index (κ1) is 28.1. The molecule has 0 unspecified atom stereocenters. The summed E-state index contributed by atoms with van der Waals surface area (Å²) in [7, 11) is 0. The maximum absolute atomic E-state index is 13.2. The summed E-state index contributed by atoms with van der Waals surface area (Å²) in [4.78, 5) is 14.8. The first-order valence-corrected chi connectivity index (χ1v) is 13.9. The van der Waals surface area contributed by atoms with E-state index in [1.54, 1.807) is 4.80 Å². The van der Waals surface area contributed by atoms with Crippen molar-refractivity contribution in [3.8, 4) is 11.4 Å².